The Morgan fingerprint density at radius 2 is 1.97 bits per heavy atom. The maximum Gasteiger partial charge on any atom is 0.511 e. The Bertz CT molecular complexity index is 1090. The van der Waals surface area contributed by atoms with Crippen LogP contribution in [0, 0.1) is 0 Å². The summed E-state index contributed by atoms with van der Waals surface area (Å²) >= 11 is 0. The van der Waals surface area contributed by atoms with E-state index in [4.69, 9.17) is 19.3 Å². The smallest absolute Gasteiger partial charge is 0.493 e. The van der Waals surface area contributed by atoms with Crippen LogP contribution >= 0.6 is 0 Å². The lowest BCUT2D eigenvalue weighted by Gasteiger charge is -2.32. The normalized spacial score (nSPS) is 15.0. The van der Waals surface area contributed by atoms with Gasteiger partial charge in [0.2, 0.25) is 0 Å². The van der Waals surface area contributed by atoms with Gasteiger partial charge in [0.1, 0.15) is 11.3 Å². The summed E-state index contributed by atoms with van der Waals surface area (Å²) in [5.74, 6) is 1.82. The van der Waals surface area contributed by atoms with E-state index in [9.17, 15) is 4.79 Å². The molecule has 9 heteroatoms. The molecule has 0 spiro atoms. The van der Waals surface area contributed by atoms with Crippen molar-refractivity contribution in [1.82, 2.24) is 19.9 Å². The summed E-state index contributed by atoms with van der Waals surface area (Å²) in [7, 11) is 1.67. The molecule has 1 N–H and O–H groups in total. The summed E-state index contributed by atoms with van der Waals surface area (Å²) in [5.41, 5.74) is 2.72. The summed E-state index contributed by atoms with van der Waals surface area (Å²) in [5, 5.41) is 17.3. The number of unbranched alkanes of at least 4 members (excludes halogenated alkanes) is 1. The zero-order valence-corrected chi connectivity index (χ0v) is 19.1. The Morgan fingerprint density at radius 3 is 2.70 bits per heavy atom. The molecule has 0 unspecified atom stereocenters. The van der Waals surface area contributed by atoms with Gasteiger partial charge in [-0.2, -0.15) is 0 Å². The van der Waals surface area contributed by atoms with Crippen molar-refractivity contribution in [2.75, 3.05) is 26.8 Å². The first-order valence-electron chi connectivity index (χ1n) is 11.3. The zero-order valence-electron chi connectivity index (χ0n) is 19.1. The van der Waals surface area contributed by atoms with Gasteiger partial charge in [-0.3, -0.25) is 4.90 Å². The number of methoxy groups -OCH3 is 1. The van der Waals surface area contributed by atoms with Crippen molar-refractivity contribution < 1.29 is 24.1 Å². The number of likely N-dealkylation sites (tertiary alicyclic amines) is 1. The van der Waals surface area contributed by atoms with Crippen LogP contribution in [0.1, 0.15) is 44.2 Å². The fourth-order valence-electron chi connectivity index (χ4n) is 4.19. The molecule has 1 aliphatic heterocycles. The van der Waals surface area contributed by atoms with Gasteiger partial charge in [0, 0.05) is 25.7 Å². The first kappa shape index (κ1) is 22.8. The van der Waals surface area contributed by atoms with E-state index in [0.29, 0.717) is 12.1 Å². The van der Waals surface area contributed by atoms with E-state index in [1.54, 1.807) is 19.2 Å². The molecule has 1 fully saturated rings. The second kappa shape index (κ2) is 10.5. The zero-order chi connectivity index (χ0) is 23.2. The molecule has 0 aliphatic carbocycles. The first-order valence-corrected chi connectivity index (χ1v) is 11.3. The lowest BCUT2D eigenvalue weighted by Crippen LogP contribution is -2.34. The van der Waals surface area contributed by atoms with Crippen LogP contribution in [0.4, 0.5) is 4.79 Å². The number of piperidine rings is 1. The van der Waals surface area contributed by atoms with Gasteiger partial charge in [-0.05, 0) is 49.1 Å². The second-order valence-electron chi connectivity index (χ2n) is 8.25. The van der Waals surface area contributed by atoms with E-state index in [-0.39, 0.29) is 11.8 Å². The van der Waals surface area contributed by atoms with Crippen LogP contribution < -0.4 is 14.2 Å². The van der Waals surface area contributed by atoms with Crippen molar-refractivity contribution in [2.45, 2.75) is 45.2 Å². The average molecular weight is 455 g/mol. The highest BCUT2D eigenvalue weighted by Gasteiger charge is 2.23. The highest BCUT2D eigenvalue weighted by molar-refractivity contribution is 5.77. The maximum absolute atomic E-state index is 10.7. The Kier molecular flexibility index (Phi) is 7.29. The lowest BCUT2D eigenvalue weighted by atomic mass is 10.0. The van der Waals surface area contributed by atoms with Crippen LogP contribution in [0.3, 0.4) is 0 Å². The highest BCUT2D eigenvalue weighted by atomic mass is 16.7. The third kappa shape index (κ3) is 5.54. The van der Waals surface area contributed by atoms with E-state index >= 15 is 0 Å². The van der Waals surface area contributed by atoms with Crippen LogP contribution in [0.15, 0.2) is 36.4 Å². The number of carboxylic acid groups (broad SMARTS) is 1. The molecule has 2 aromatic carbocycles. The molecule has 0 atom stereocenters. The number of benzene rings is 2. The number of hydrogen-bond acceptors (Lipinski definition) is 7. The number of rotatable bonds is 9. The molecule has 0 saturated carbocycles. The van der Waals surface area contributed by atoms with Gasteiger partial charge in [0.25, 0.3) is 0 Å². The third-order valence-electron chi connectivity index (χ3n) is 5.94. The quantitative estimate of drug-likeness (QED) is 0.286. The summed E-state index contributed by atoms with van der Waals surface area (Å²) in [6, 6.07) is 11.5. The van der Waals surface area contributed by atoms with Crippen LogP contribution in [0.5, 0.6) is 17.2 Å². The summed E-state index contributed by atoms with van der Waals surface area (Å²) < 4.78 is 18.0. The molecule has 3 aromatic rings. The molecular weight excluding hydrogens is 424 g/mol. The van der Waals surface area contributed by atoms with E-state index < -0.39 is 6.16 Å². The number of hydrogen-bond donors (Lipinski definition) is 1. The topological polar surface area (TPSA) is 98.9 Å². The molecule has 0 radical (unpaired) electrons. The fourth-order valence-corrected chi connectivity index (χ4v) is 4.19. The average Bonchev–Trinajstić information content (AvgIpc) is 3.23. The summed E-state index contributed by atoms with van der Waals surface area (Å²) in [4.78, 5) is 13.2. The standard InChI is InChI=1S/C24H30N4O5/c1-3-4-13-32-23-14-17(5-8-22(23)31-2)16-27-11-9-18(10-12-27)28-21-7-6-19(33-24(29)30)15-20(21)25-26-28/h5-8,14-15,18H,3-4,9-13,16H2,1-2H3,(H,29,30). The molecule has 1 saturated heterocycles. The van der Waals surface area contributed by atoms with E-state index in [0.717, 1.165) is 62.3 Å². The third-order valence-corrected chi connectivity index (χ3v) is 5.94. The van der Waals surface area contributed by atoms with Crippen molar-refractivity contribution in [3.05, 3.63) is 42.0 Å². The van der Waals surface area contributed by atoms with Gasteiger partial charge >= 0.3 is 6.16 Å². The predicted octanol–water partition coefficient (Wildman–Crippen LogP) is 4.51. The highest BCUT2D eigenvalue weighted by Crippen LogP contribution is 2.31. The Hall–Kier alpha value is -3.33. The van der Waals surface area contributed by atoms with Crippen molar-refractivity contribution in [3.8, 4) is 17.2 Å². The first-order chi connectivity index (χ1) is 16.1. The largest absolute Gasteiger partial charge is 0.511 e. The van der Waals surface area contributed by atoms with Crippen molar-refractivity contribution in [1.29, 1.82) is 0 Å². The van der Waals surface area contributed by atoms with Crippen LogP contribution in [0.2, 0.25) is 0 Å². The van der Waals surface area contributed by atoms with Gasteiger partial charge in [-0.1, -0.05) is 24.6 Å². The summed E-state index contributed by atoms with van der Waals surface area (Å²) in [6.07, 6.45) is 2.69. The van der Waals surface area contributed by atoms with Crippen LogP contribution in [-0.2, 0) is 6.54 Å². The maximum atomic E-state index is 10.7. The van der Waals surface area contributed by atoms with E-state index in [1.165, 1.54) is 5.56 Å². The Morgan fingerprint density at radius 1 is 1.15 bits per heavy atom. The van der Waals surface area contributed by atoms with Gasteiger partial charge in [-0.25, -0.2) is 9.48 Å². The van der Waals surface area contributed by atoms with E-state index in [2.05, 4.69) is 34.3 Å². The van der Waals surface area contributed by atoms with Gasteiger partial charge in [0.15, 0.2) is 11.5 Å². The molecule has 9 nitrogen and oxygen atoms in total. The molecule has 2 heterocycles. The molecule has 0 bridgehead atoms. The van der Waals surface area contributed by atoms with E-state index in [1.807, 2.05) is 16.8 Å². The molecular formula is C24H30N4O5. The Labute approximate surface area is 192 Å². The minimum atomic E-state index is -1.34. The number of carbonyl (C=O) groups is 1. The number of ether oxygens (including phenoxy) is 3. The van der Waals surface area contributed by atoms with Crippen LogP contribution in [-0.4, -0.2) is 58.0 Å². The lowest BCUT2D eigenvalue weighted by molar-refractivity contribution is 0.144. The molecule has 1 aliphatic rings. The predicted molar refractivity (Wildman–Crippen MR) is 123 cm³/mol. The Balaban J connectivity index is 1.37. The molecule has 1 aromatic heterocycles. The van der Waals surface area contributed by atoms with Crippen molar-refractivity contribution >= 4 is 17.2 Å². The minimum absolute atomic E-state index is 0.245. The fraction of sp³-hybridized carbons (Fsp3) is 0.458. The number of aromatic nitrogens is 3. The summed E-state index contributed by atoms with van der Waals surface area (Å²) in [6.45, 7) is 5.59. The van der Waals surface area contributed by atoms with Gasteiger partial charge < -0.3 is 19.3 Å². The van der Waals surface area contributed by atoms with Gasteiger partial charge in [-0.15, -0.1) is 5.10 Å². The van der Waals surface area contributed by atoms with Crippen molar-refractivity contribution in [2.24, 2.45) is 0 Å². The molecule has 0 amide bonds. The molecule has 4 rings (SSSR count). The minimum Gasteiger partial charge on any atom is -0.493 e. The molecule has 33 heavy (non-hydrogen) atoms. The monoisotopic (exact) mass is 454 g/mol. The molecule has 176 valence electrons. The second-order valence-corrected chi connectivity index (χ2v) is 8.25. The van der Waals surface area contributed by atoms with Gasteiger partial charge in [0.05, 0.1) is 25.3 Å². The number of fused-ring (bicyclic) bond motifs is 1. The number of nitrogens with zero attached hydrogens (tertiary/aromatic N) is 4. The SMILES string of the molecule is CCCCOc1cc(CN2CCC(n3nnc4cc(OC(=O)O)ccc43)CC2)ccc1OC. The van der Waals surface area contributed by atoms with Crippen LogP contribution in [0.25, 0.3) is 11.0 Å². The van der Waals surface area contributed by atoms with Crippen molar-refractivity contribution in [3.63, 3.8) is 0 Å².